The van der Waals surface area contributed by atoms with E-state index in [2.05, 4.69) is 82.3 Å². The van der Waals surface area contributed by atoms with E-state index in [4.69, 9.17) is 19.4 Å². The average Bonchev–Trinajstić information content (AvgIpc) is 3.41. The van der Waals surface area contributed by atoms with Crippen LogP contribution >= 0.6 is 19.4 Å². The van der Waals surface area contributed by atoms with Gasteiger partial charge in [-0.25, -0.2) is 0 Å². The number of hydrogen-bond donors (Lipinski definition) is 0. The van der Waals surface area contributed by atoms with Gasteiger partial charge in [-0.3, -0.25) is 0 Å². The van der Waals surface area contributed by atoms with Crippen molar-refractivity contribution in [2.75, 3.05) is 22.9 Å². The molecule has 0 bridgehead atoms. The number of aryl methyl sites for hydroxylation is 7. The molecule has 1 aliphatic rings. The first kappa shape index (κ1) is 35.3. The molecule has 0 radical (unpaired) electrons. The van der Waals surface area contributed by atoms with Gasteiger partial charge in [0.1, 0.15) is 0 Å². The topological polar surface area (TPSA) is 43.9 Å². The van der Waals surface area contributed by atoms with Crippen molar-refractivity contribution in [1.29, 1.82) is 0 Å². The molecular formula is C36H42Cl2N3O2RuS-. The molecule has 0 aromatic heterocycles. The molecule has 1 aliphatic heterocycles. The van der Waals surface area contributed by atoms with Crippen LogP contribution < -0.4 is 9.80 Å². The van der Waals surface area contributed by atoms with Crippen molar-refractivity contribution >= 4 is 45.5 Å². The van der Waals surface area contributed by atoms with Gasteiger partial charge in [0.2, 0.25) is 0 Å². The van der Waals surface area contributed by atoms with E-state index in [9.17, 15) is 8.42 Å². The Morgan fingerprint density at radius 1 is 0.711 bits per heavy atom. The van der Waals surface area contributed by atoms with Crippen LogP contribution in [0.5, 0.6) is 0 Å². The fourth-order valence-electron chi connectivity index (χ4n) is 5.94. The number of hydrogen-bond acceptors (Lipinski definition) is 4. The fourth-order valence-corrected chi connectivity index (χ4v) is 10.3. The number of halogens is 2. The van der Waals surface area contributed by atoms with Crippen LogP contribution in [0.15, 0.2) is 83.8 Å². The summed E-state index contributed by atoms with van der Waals surface area (Å²) in [5.74, 6) is 0. The van der Waals surface area contributed by atoms with Crippen molar-refractivity contribution in [3.05, 3.63) is 130 Å². The first-order valence-electron chi connectivity index (χ1n) is 14.8. The normalized spacial score (nSPS) is 13.5. The zero-order valence-electron chi connectivity index (χ0n) is 27.0. The van der Waals surface area contributed by atoms with E-state index in [1.807, 2.05) is 37.3 Å². The van der Waals surface area contributed by atoms with E-state index in [1.54, 1.807) is 24.3 Å². The van der Waals surface area contributed by atoms with Crippen LogP contribution in [0.1, 0.15) is 44.5 Å². The van der Waals surface area contributed by atoms with Gasteiger partial charge in [-0.15, -0.1) is 0 Å². The van der Waals surface area contributed by atoms with Crippen LogP contribution in [-0.2, 0) is 30.1 Å². The third kappa shape index (κ3) is 9.05. The fraction of sp³-hybridized carbons (Fsp3) is 0.278. The molecule has 4 aromatic rings. The molecule has 0 atom stereocenters. The Balaban J connectivity index is 0.000000205. The molecular weight excluding hydrogens is 710 g/mol. The summed E-state index contributed by atoms with van der Waals surface area (Å²) in [7, 11) is 8.14. The Labute approximate surface area is 283 Å². The molecule has 0 unspecified atom stereocenters. The molecule has 5 rings (SSSR count). The zero-order valence-corrected chi connectivity index (χ0v) is 31.0. The Morgan fingerprint density at radius 2 is 1.16 bits per heavy atom. The third-order valence-electron chi connectivity index (χ3n) is 7.69. The second-order valence-corrected chi connectivity index (χ2v) is 19.2. The molecule has 45 heavy (non-hydrogen) atoms. The minimum atomic E-state index is -3.67. The summed E-state index contributed by atoms with van der Waals surface area (Å²) in [6, 6.07) is 25.2. The SMILES string of the molecule is Cc1cc(C)c(N2[CH-]N(c3c(C)cc(C)cc3C)CC2)c(C)c1.Cc1ccc(S(=O)(=O)N([CH]=[Ru]([Cl])[Cl])Cc2ccccc2)cc1. The Morgan fingerprint density at radius 3 is 1.58 bits per heavy atom. The molecule has 0 spiro atoms. The van der Waals surface area contributed by atoms with E-state index >= 15 is 0 Å². The molecule has 4 aromatic carbocycles. The average molecular weight is 753 g/mol. The Hall–Kier alpha value is -2.54. The predicted molar refractivity (Wildman–Crippen MR) is 188 cm³/mol. The Bertz CT molecular complexity index is 1660. The number of benzene rings is 4. The van der Waals surface area contributed by atoms with E-state index in [0.717, 1.165) is 24.2 Å². The van der Waals surface area contributed by atoms with Gasteiger partial charge in [0.05, 0.1) is 0 Å². The molecule has 1 saturated heterocycles. The number of nitrogens with zero attached hydrogens (tertiary/aromatic N) is 3. The van der Waals surface area contributed by atoms with E-state index in [1.165, 1.54) is 53.8 Å². The summed E-state index contributed by atoms with van der Waals surface area (Å²) in [4.78, 5) is 5.04. The molecule has 1 heterocycles. The number of rotatable bonds is 7. The van der Waals surface area contributed by atoms with Gasteiger partial charge in [0.15, 0.2) is 0 Å². The molecule has 0 saturated carbocycles. The third-order valence-corrected chi connectivity index (χ3v) is 11.4. The summed E-state index contributed by atoms with van der Waals surface area (Å²) in [5.41, 5.74) is 12.7. The maximum absolute atomic E-state index is 12.8. The minimum absolute atomic E-state index is 0.209. The van der Waals surface area contributed by atoms with Crippen LogP contribution in [0.4, 0.5) is 11.4 Å². The van der Waals surface area contributed by atoms with Crippen molar-refractivity contribution in [3.63, 3.8) is 0 Å². The van der Waals surface area contributed by atoms with Crippen LogP contribution in [0.2, 0.25) is 0 Å². The van der Waals surface area contributed by atoms with E-state index < -0.39 is 23.5 Å². The van der Waals surface area contributed by atoms with Gasteiger partial charge in [-0.2, -0.15) is 6.67 Å². The summed E-state index contributed by atoms with van der Waals surface area (Å²) in [5, 5.41) is 0. The first-order chi connectivity index (χ1) is 21.3. The second kappa shape index (κ2) is 15.4. The van der Waals surface area contributed by atoms with Crippen molar-refractivity contribution in [2.45, 2.75) is 59.9 Å². The van der Waals surface area contributed by atoms with Crippen LogP contribution in [-0.4, -0.2) is 30.5 Å². The van der Waals surface area contributed by atoms with Crippen molar-refractivity contribution < 1.29 is 21.9 Å². The van der Waals surface area contributed by atoms with Crippen LogP contribution in [0.3, 0.4) is 0 Å². The van der Waals surface area contributed by atoms with Crippen LogP contribution in [0, 0.1) is 55.1 Å². The standard InChI is InChI=1S/C21H27N2.C15H15NO2S.2ClH.Ru/c1-14-9-16(3)20(17(4)10-14)22-7-8-23(13-22)21-18(5)11-15(2)12-19(21)6;1-13-8-10-15(11-9-13)19(17,18)16(2)12-14-6-4-3-5-7-14;;;/h9-13H,7-8H2,1-6H3;2-11H,12H2,1H3;2*1H;/q-1;;;;+2/p-2. The van der Waals surface area contributed by atoms with Gasteiger partial charge in [0, 0.05) is 24.5 Å². The molecule has 0 aliphatic carbocycles. The predicted octanol–water partition coefficient (Wildman–Crippen LogP) is 8.85. The summed E-state index contributed by atoms with van der Waals surface area (Å²) in [6.07, 6.45) is 0. The molecule has 0 N–H and O–H groups in total. The van der Waals surface area contributed by atoms with E-state index in [-0.39, 0.29) is 11.4 Å². The van der Waals surface area contributed by atoms with E-state index in [0.29, 0.717) is 0 Å². The molecule has 1 fully saturated rings. The van der Waals surface area contributed by atoms with Crippen molar-refractivity contribution in [2.24, 2.45) is 0 Å². The molecule has 5 nitrogen and oxygen atoms in total. The molecule has 242 valence electrons. The van der Waals surface area contributed by atoms with Gasteiger partial charge >= 0.3 is 144 Å². The maximum atomic E-state index is 12.8. The summed E-state index contributed by atoms with van der Waals surface area (Å²) >= 11 is -2.28. The second-order valence-electron chi connectivity index (χ2n) is 11.6. The molecule has 0 amide bonds. The van der Waals surface area contributed by atoms with Crippen molar-refractivity contribution in [3.8, 4) is 0 Å². The number of sulfonamides is 1. The van der Waals surface area contributed by atoms with Crippen LogP contribution in [0.25, 0.3) is 0 Å². The molecule has 9 heteroatoms. The number of anilines is 2. The summed E-state index contributed by atoms with van der Waals surface area (Å²) in [6.45, 7) is 19.7. The van der Waals surface area contributed by atoms with Gasteiger partial charge in [-0.1, -0.05) is 35.4 Å². The zero-order chi connectivity index (χ0) is 32.9. The van der Waals surface area contributed by atoms with Gasteiger partial charge in [-0.05, 0) is 63.8 Å². The monoisotopic (exact) mass is 752 g/mol. The van der Waals surface area contributed by atoms with Crippen molar-refractivity contribution in [1.82, 2.24) is 4.31 Å². The van der Waals surface area contributed by atoms with Gasteiger partial charge < -0.3 is 9.80 Å². The summed E-state index contributed by atoms with van der Waals surface area (Å²) < 4.78 is 28.2. The first-order valence-corrected chi connectivity index (χ1v) is 21.7. The quantitative estimate of drug-likeness (QED) is 0.140. The Kier molecular flexibility index (Phi) is 12.1. The van der Waals surface area contributed by atoms with Gasteiger partial charge in [0.25, 0.3) is 0 Å².